The standard InChI is InChI=1S/C17H23BrN2O3S/c18-15-5-7-16(8-6-15)24(22,23)20-11-9-19(10-12-20)17(21)13-14-3-1-2-4-14/h5-8,14H,1-4,9-13H2. The van der Waals surface area contributed by atoms with E-state index in [2.05, 4.69) is 15.9 Å². The van der Waals surface area contributed by atoms with Gasteiger partial charge in [0.25, 0.3) is 0 Å². The number of carbonyl (C=O) groups is 1. The van der Waals surface area contributed by atoms with E-state index < -0.39 is 10.0 Å². The van der Waals surface area contributed by atoms with Crippen LogP contribution < -0.4 is 0 Å². The second kappa shape index (κ2) is 7.54. The maximum atomic E-state index is 12.7. The van der Waals surface area contributed by atoms with Crippen LogP contribution in [0.1, 0.15) is 32.1 Å². The fourth-order valence-corrected chi connectivity index (χ4v) is 5.21. The fraction of sp³-hybridized carbons (Fsp3) is 0.588. The summed E-state index contributed by atoms with van der Waals surface area (Å²) < 4.78 is 27.7. The Balaban J connectivity index is 1.57. The van der Waals surface area contributed by atoms with Gasteiger partial charge in [-0.25, -0.2) is 8.42 Å². The van der Waals surface area contributed by atoms with Gasteiger partial charge in [0.05, 0.1) is 4.90 Å². The lowest BCUT2D eigenvalue weighted by Gasteiger charge is -2.34. The molecule has 1 saturated carbocycles. The average molecular weight is 415 g/mol. The molecule has 3 rings (SSSR count). The van der Waals surface area contributed by atoms with Crippen molar-refractivity contribution in [3.05, 3.63) is 28.7 Å². The minimum absolute atomic E-state index is 0.183. The molecule has 5 nitrogen and oxygen atoms in total. The minimum atomic E-state index is -3.48. The number of amides is 1. The second-order valence-electron chi connectivity index (χ2n) is 6.59. The van der Waals surface area contributed by atoms with Gasteiger partial charge >= 0.3 is 0 Å². The average Bonchev–Trinajstić information content (AvgIpc) is 3.08. The van der Waals surface area contributed by atoms with Crippen molar-refractivity contribution in [3.8, 4) is 0 Å². The van der Waals surface area contributed by atoms with Crippen LogP contribution in [-0.4, -0.2) is 49.7 Å². The van der Waals surface area contributed by atoms with Crippen LogP contribution in [-0.2, 0) is 14.8 Å². The molecular weight excluding hydrogens is 392 g/mol. The first-order chi connectivity index (χ1) is 11.5. The van der Waals surface area contributed by atoms with Crippen molar-refractivity contribution >= 4 is 31.9 Å². The molecule has 0 aromatic heterocycles. The van der Waals surface area contributed by atoms with Crippen molar-refractivity contribution in [1.29, 1.82) is 0 Å². The Morgan fingerprint density at radius 3 is 2.21 bits per heavy atom. The van der Waals surface area contributed by atoms with Gasteiger partial charge in [-0.05, 0) is 43.0 Å². The number of hydrogen-bond acceptors (Lipinski definition) is 3. The maximum absolute atomic E-state index is 12.7. The lowest BCUT2D eigenvalue weighted by atomic mass is 10.0. The molecule has 1 aromatic rings. The maximum Gasteiger partial charge on any atom is 0.243 e. The summed E-state index contributed by atoms with van der Waals surface area (Å²) in [6.07, 6.45) is 5.40. The smallest absolute Gasteiger partial charge is 0.243 e. The molecule has 1 amide bonds. The highest BCUT2D eigenvalue weighted by Gasteiger charge is 2.31. The topological polar surface area (TPSA) is 57.7 Å². The highest BCUT2D eigenvalue weighted by molar-refractivity contribution is 9.10. The Labute approximate surface area is 152 Å². The molecule has 1 aromatic carbocycles. The van der Waals surface area contributed by atoms with Crippen LogP contribution in [0.5, 0.6) is 0 Å². The summed E-state index contributed by atoms with van der Waals surface area (Å²) in [5.41, 5.74) is 0. The van der Waals surface area contributed by atoms with Crippen molar-refractivity contribution in [1.82, 2.24) is 9.21 Å². The van der Waals surface area contributed by atoms with Crippen LogP contribution in [0, 0.1) is 5.92 Å². The predicted molar refractivity (Wildman–Crippen MR) is 96.1 cm³/mol. The Morgan fingerprint density at radius 2 is 1.62 bits per heavy atom. The molecule has 2 aliphatic rings. The molecule has 0 N–H and O–H groups in total. The van der Waals surface area contributed by atoms with Gasteiger partial charge < -0.3 is 4.90 Å². The summed E-state index contributed by atoms with van der Waals surface area (Å²) in [7, 11) is -3.48. The Hall–Kier alpha value is -0.920. The molecule has 1 aliphatic carbocycles. The molecule has 1 saturated heterocycles. The molecule has 0 radical (unpaired) electrons. The molecule has 0 bridgehead atoms. The third-order valence-corrected chi connectivity index (χ3v) is 7.42. The Morgan fingerprint density at radius 1 is 1.04 bits per heavy atom. The number of benzene rings is 1. The van der Waals surface area contributed by atoms with Crippen LogP contribution in [0.15, 0.2) is 33.6 Å². The SMILES string of the molecule is O=C(CC1CCCC1)N1CCN(S(=O)(=O)c2ccc(Br)cc2)CC1. The van der Waals surface area contributed by atoms with E-state index in [4.69, 9.17) is 0 Å². The third-order valence-electron chi connectivity index (χ3n) is 4.98. The first-order valence-electron chi connectivity index (χ1n) is 8.50. The van der Waals surface area contributed by atoms with Crippen molar-refractivity contribution < 1.29 is 13.2 Å². The van der Waals surface area contributed by atoms with Crippen molar-refractivity contribution in [3.63, 3.8) is 0 Å². The molecule has 24 heavy (non-hydrogen) atoms. The van der Waals surface area contributed by atoms with Gasteiger partial charge in [0.1, 0.15) is 0 Å². The second-order valence-corrected chi connectivity index (χ2v) is 9.45. The van der Waals surface area contributed by atoms with E-state index in [0.717, 1.165) is 17.3 Å². The lowest BCUT2D eigenvalue weighted by molar-refractivity contribution is -0.133. The predicted octanol–water partition coefficient (Wildman–Crippen LogP) is 2.86. The minimum Gasteiger partial charge on any atom is -0.340 e. The molecule has 1 aliphatic heterocycles. The monoisotopic (exact) mass is 414 g/mol. The van der Waals surface area contributed by atoms with Crippen LogP contribution >= 0.6 is 15.9 Å². The first-order valence-corrected chi connectivity index (χ1v) is 10.7. The Bertz CT molecular complexity index is 676. The van der Waals surface area contributed by atoms with Gasteiger partial charge in [0.15, 0.2) is 0 Å². The van der Waals surface area contributed by atoms with Crippen molar-refractivity contribution in [2.24, 2.45) is 5.92 Å². The molecule has 7 heteroatoms. The number of nitrogens with zero attached hydrogens (tertiary/aromatic N) is 2. The van der Waals surface area contributed by atoms with E-state index in [1.807, 2.05) is 4.90 Å². The van der Waals surface area contributed by atoms with Gasteiger partial charge in [0.2, 0.25) is 15.9 Å². The normalized spacial score (nSPS) is 20.5. The zero-order valence-electron chi connectivity index (χ0n) is 13.7. The zero-order valence-corrected chi connectivity index (χ0v) is 16.1. The molecular formula is C17H23BrN2O3S. The number of hydrogen-bond donors (Lipinski definition) is 0. The highest BCUT2D eigenvalue weighted by atomic mass is 79.9. The summed E-state index contributed by atoms with van der Waals surface area (Å²) >= 11 is 3.32. The molecule has 0 spiro atoms. The number of carbonyl (C=O) groups excluding carboxylic acids is 1. The van der Waals surface area contributed by atoms with Crippen LogP contribution in [0.4, 0.5) is 0 Å². The fourth-order valence-electron chi connectivity index (χ4n) is 3.52. The number of piperazine rings is 1. The summed E-state index contributed by atoms with van der Waals surface area (Å²) in [6, 6.07) is 6.68. The lowest BCUT2D eigenvalue weighted by Crippen LogP contribution is -2.50. The van der Waals surface area contributed by atoms with Crippen molar-refractivity contribution in [2.75, 3.05) is 26.2 Å². The number of rotatable bonds is 4. The molecule has 0 unspecified atom stereocenters. The molecule has 132 valence electrons. The van der Waals surface area contributed by atoms with Gasteiger partial charge in [-0.15, -0.1) is 0 Å². The zero-order chi connectivity index (χ0) is 17.2. The molecule has 2 fully saturated rings. The summed E-state index contributed by atoms with van der Waals surface area (Å²) in [5, 5.41) is 0. The van der Waals surface area contributed by atoms with E-state index in [-0.39, 0.29) is 5.91 Å². The quantitative estimate of drug-likeness (QED) is 0.760. The van der Waals surface area contributed by atoms with Crippen LogP contribution in [0.2, 0.25) is 0 Å². The highest BCUT2D eigenvalue weighted by Crippen LogP contribution is 2.28. The van der Waals surface area contributed by atoms with Gasteiger partial charge in [-0.1, -0.05) is 28.8 Å². The van der Waals surface area contributed by atoms with E-state index in [0.29, 0.717) is 43.4 Å². The number of halogens is 1. The number of sulfonamides is 1. The molecule has 1 heterocycles. The van der Waals surface area contributed by atoms with E-state index >= 15 is 0 Å². The Kier molecular flexibility index (Phi) is 5.62. The summed E-state index contributed by atoms with van der Waals surface area (Å²) in [5.74, 6) is 0.713. The van der Waals surface area contributed by atoms with Gasteiger partial charge in [-0.2, -0.15) is 4.31 Å². The summed E-state index contributed by atoms with van der Waals surface area (Å²) in [4.78, 5) is 14.5. The van der Waals surface area contributed by atoms with E-state index in [9.17, 15) is 13.2 Å². The van der Waals surface area contributed by atoms with Gasteiger partial charge in [0, 0.05) is 37.1 Å². The van der Waals surface area contributed by atoms with Crippen LogP contribution in [0.25, 0.3) is 0 Å². The molecule has 0 atom stereocenters. The summed E-state index contributed by atoms with van der Waals surface area (Å²) in [6.45, 7) is 1.71. The van der Waals surface area contributed by atoms with E-state index in [1.165, 1.54) is 17.1 Å². The van der Waals surface area contributed by atoms with Crippen LogP contribution in [0.3, 0.4) is 0 Å². The largest absolute Gasteiger partial charge is 0.340 e. The van der Waals surface area contributed by atoms with Gasteiger partial charge in [-0.3, -0.25) is 4.79 Å². The first kappa shape index (κ1) is 17.9. The third kappa shape index (κ3) is 4.00. The van der Waals surface area contributed by atoms with Crippen molar-refractivity contribution in [2.45, 2.75) is 37.0 Å². The van der Waals surface area contributed by atoms with E-state index in [1.54, 1.807) is 24.3 Å².